The SMILES string of the molecule is O=C1N=Nc2ccc3nc4ccccc4cc3c21. The van der Waals surface area contributed by atoms with Gasteiger partial charge in [0.25, 0.3) is 5.91 Å². The Bertz CT molecular complexity index is 852. The smallest absolute Gasteiger partial charge is 0.265 e. The molecule has 3 aromatic rings. The first-order chi connectivity index (χ1) is 8.83. The number of hydrogen-bond acceptors (Lipinski definition) is 3. The van der Waals surface area contributed by atoms with Gasteiger partial charge in [-0.3, -0.25) is 4.79 Å². The van der Waals surface area contributed by atoms with Gasteiger partial charge in [0.1, 0.15) is 0 Å². The van der Waals surface area contributed by atoms with Crippen molar-refractivity contribution in [3.8, 4) is 0 Å². The molecular formula is C14H7N3O. The lowest BCUT2D eigenvalue weighted by molar-refractivity contribution is 0.100. The van der Waals surface area contributed by atoms with Crippen LogP contribution in [-0.4, -0.2) is 10.9 Å². The molecule has 1 amide bonds. The largest absolute Gasteiger partial charge is 0.298 e. The van der Waals surface area contributed by atoms with E-state index in [4.69, 9.17) is 0 Å². The lowest BCUT2D eigenvalue weighted by atomic mass is 10.0. The maximum absolute atomic E-state index is 11.7. The third-order valence-electron chi connectivity index (χ3n) is 3.14. The van der Waals surface area contributed by atoms with Gasteiger partial charge in [0.15, 0.2) is 0 Å². The van der Waals surface area contributed by atoms with E-state index in [0.717, 1.165) is 21.8 Å². The Morgan fingerprint density at radius 1 is 0.889 bits per heavy atom. The van der Waals surface area contributed by atoms with Gasteiger partial charge >= 0.3 is 0 Å². The highest BCUT2D eigenvalue weighted by Gasteiger charge is 2.21. The fraction of sp³-hybridized carbons (Fsp3) is 0. The number of amides is 1. The Balaban J connectivity index is 2.21. The van der Waals surface area contributed by atoms with E-state index in [1.54, 1.807) is 6.07 Å². The third-order valence-corrected chi connectivity index (χ3v) is 3.14. The molecule has 1 aliphatic rings. The standard InChI is InChI=1S/C14H7N3O/c18-14-13-9-7-8-3-1-2-4-10(8)15-11(9)5-6-12(13)16-17-14/h1-7H. The predicted octanol–water partition coefficient (Wildman–Crippen LogP) is 3.63. The lowest BCUT2D eigenvalue weighted by Gasteiger charge is -2.04. The minimum absolute atomic E-state index is 0.285. The molecule has 84 valence electrons. The second-order valence-electron chi connectivity index (χ2n) is 4.21. The van der Waals surface area contributed by atoms with Gasteiger partial charge < -0.3 is 0 Å². The molecule has 4 heteroatoms. The molecular weight excluding hydrogens is 226 g/mol. The summed E-state index contributed by atoms with van der Waals surface area (Å²) < 4.78 is 0. The molecule has 0 atom stereocenters. The molecule has 1 aromatic heterocycles. The molecule has 0 N–H and O–H groups in total. The summed E-state index contributed by atoms with van der Waals surface area (Å²) in [5, 5.41) is 9.28. The first kappa shape index (κ1) is 9.41. The fourth-order valence-corrected chi connectivity index (χ4v) is 2.29. The molecule has 0 radical (unpaired) electrons. The zero-order valence-corrected chi connectivity index (χ0v) is 9.29. The number of benzene rings is 2. The fourth-order valence-electron chi connectivity index (χ4n) is 2.29. The van der Waals surface area contributed by atoms with Crippen molar-refractivity contribution in [1.82, 2.24) is 4.98 Å². The van der Waals surface area contributed by atoms with E-state index in [9.17, 15) is 4.79 Å². The molecule has 2 heterocycles. The van der Waals surface area contributed by atoms with Crippen LogP contribution in [0.25, 0.3) is 21.8 Å². The number of azo groups is 1. The summed E-state index contributed by atoms with van der Waals surface area (Å²) >= 11 is 0. The summed E-state index contributed by atoms with van der Waals surface area (Å²) in [5.41, 5.74) is 2.91. The summed E-state index contributed by atoms with van der Waals surface area (Å²) in [5.74, 6) is -0.285. The zero-order valence-electron chi connectivity index (χ0n) is 9.29. The highest BCUT2D eigenvalue weighted by Crippen LogP contribution is 2.34. The monoisotopic (exact) mass is 233 g/mol. The van der Waals surface area contributed by atoms with E-state index in [0.29, 0.717) is 11.3 Å². The highest BCUT2D eigenvalue weighted by atomic mass is 16.2. The summed E-state index contributed by atoms with van der Waals surface area (Å²) in [6, 6.07) is 13.5. The quantitative estimate of drug-likeness (QED) is 0.557. The number of carbonyl (C=O) groups excluding carboxylic acids is 1. The van der Waals surface area contributed by atoms with Crippen molar-refractivity contribution >= 4 is 33.4 Å². The van der Waals surface area contributed by atoms with Crippen LogP contribution in [0.5, 0.6) is 0 Å². The Morgan fingerprint density at radius 3 is 2.72 bits per heavy atom. The van der Waals surface area contributed by atoms with Gasteiger partial charge in [-0.25, -0.2) is 4.98 Å². The topological polar surface area (TPSA) is 54.7 Å². The number of pyridine rings is 1. The molecule has 0 bridgehead atoms. The summed E-state index contributed by atoms with van der Waals surface area (Å²) in [4.78, 5) is 16.3. The average molecular weight is 233 g/mol. The van der Waals surface area contributed by atoms with Gasteiger partial charge in [0.05, 0.1) is 22.3 Å². The number of carbonyl (C=O) groups is 1. The van der Waals surface area contributed by atoms with Gasteiger partial charge in [-0.05, 0) is 24.3 Å². The molecule has 0 unspecified atom stereocenters. The van der Waals surface area contributed by atoms with Crippen LogP contribution >= 0.6 is 0 Å². The van der Waals surface area contributed by atoms with Gasteiger partial charge in [0.2, 0.25) is 0 Å². The second kappa shape index (κ2) is 3.20. The van der Waals surface area contributed by atoms with Crippen molar-refractivity contribution in [3.63, 3.8) is 0 Å². The Hall–Kier alpha value is -2.62. The van der Waals surface area contributed by atoms with Gasteiger partial charge in [-0.2, -0.15) is 0 Å². The number of rotatable bonds is 0. The van der Waals surface area contributed by atoms with Crippen LogP contribution in [0.2, 0.25) is 0 Å². The molecule has 4 rings (SSSR count). The molecule has 0 fully saturated rings. The van der Waals surface area contributed by atoms with Gasteiger partial charge in [0, 0.05) is 10.8 Å². The van der Waals surface area contributed by atoms with E-state index in [1.807, 2.05) is 36.4 Å². The predicted molar refractivity (Wildman–Crippen MR) is 68.1 cm³/mol. The third kappa shape index (κ3) is 1.14. The van der Waals surface area contributed by atoms with E-state index in [2.05, 4.69) is 15.2 Å². The molecule has 18 heavy (non-hydrogen) atoms. The van der Waals surface area contributed by atoms with Crippen LogP contribution < -0.4 is 0 Å². The van der Waals surface area contributed by atoms with Gasteiger partial charge in [-0.1, -0.05) is 18.2 Å². The minimum Gasteiger partial charge on any atom is -0.265 e. The highest BCUT2D eigenvalue weighted by molar-refractivity contribution is 6.14. The Labute approximate surface area is 102 Å². The normalized spacial score (nSPS) is 13.4. The van der Waals surface area contributed by atoms with E-state index in [1.165, 1.54) is 0 Å². The van der Waals surface area contributed by atoms with Crippen LogP contribution in [0.4, 0.5) is 5.69 Å². The number of aromatic nitrogens is 1. The summed E-state index contributed by atoms with van der Waals surface area (Å²) in [6.07, 6.45) is 0. The van der Waals surface area contributed by atoms with E-state index in [-0.39, 0.29) is 5.91 Å². The summed E-state index contributed by atoms with van der Waals surface area (Å²) in [6.45, 7) is 0. The Kier molecular flexibility index (Phi) is 1.67. The zero-order chi connectivity index (χ0) is 12.1. The maximum Gasteiger partial charge on any atom is 0.298 e. The molecule has 0 spiro atoms. The molecule has 2 aromatic carbocycles. The number of fused-ring (bicyclic) bond motifs is 4. The van der Waals surface area contributed by atoms with E-state index < -0.39 is 0 Å². The first-order valence-electron chi connectivity index (χ1n) is 5.61. The van der Waals surface area contributed by atoms with Crippen molar-refractivity contribution < 1.29 is 4.79 Å². The molecule has 0 saturated heterocycles. The maximum atomic E-state index is 11.7. The molecule has 0 saturated carbocycles. The number of nitrogens with zero attached hydrogens (tertiary/aromatic N) is 3. The van der Waals surface area contributed by atoms with Gasteiger partial charge in [-0.15, -0.1) is 10.2 Å². The number of hydrogen-bond donors (Lipinski definition) is 0. The van der Waals surface area contributed by atoms with Crippen molar-refractivity contribution in [3.05, 3.63) is 48.0 Å². The van der Waals surface area contributed by atoms with Crippen molar-refractivity contribution in [2.45, 2.75) is 0 Å². The second-order valence-corrected chi connectivity index (χ2v) is 4.21. The first-order valence-corrected chi connectivity index (χ1v) is 5.61. The van der Waals surface area contributed by atoms with Crippen molar-refractivity contribution in [2.75, 3.05) is 0 Å². The van der Waals surface area contributed by atoms with Crippen LogP contribution in [-0.2, 0) is 0 Å². The van der Waals surface area contributed by atoms with Crippen molar-refractivity contribution in [2.24, 2.45) is 10.2 Å². The minimum atomic E-state index is -0.285. The van der Waals surface area contributed by atoms with Crippen molar-refractivity contribution in [1.29, 1.82) is 0 Å². The van der Waals surface area contributed by atoms with Crippen LogP contribution in [0.15, 0.2) is 52.7 Å². The lowest BCUT2D eigenvalue weighted by Crippen LogP contribution is -1.93. The average Bonchev–Trinajstić information content (AvgIpc) is 2.78. The van der Waals surface area contributed by atoms with Crippen LogP contribution in [0, 0.1) is 0 Å². The summed E-state index contributed by atoms with van der Waals surface area (Å²) in [7, 11) is 0. The Morgan fingerprint density at radius 2 is 1.78 bits per heavy atom. The van der Waals surface area contributed by atoms with E-state index >= 15 is 0 Å². The number of para-hydroxylation sites is 1. The van der Waals surface area contributed by atoms with Crippen LogP contribution in [0.1, 0.15) is 10.4 Å². The molecule has 1 aliphatic heterocycles. The molecule has 4 nitrogen and oxygen atoms in total. The molecule has 0 aliphatic carbocycles. The van der Waals surface area contributed by atoms with Crippen LogP contribution in [0.3, 0.4) is 0 Å².